The first-order chi connectivity index (χ1) is 8.19. The van der Waals surface area contributed by atoms with E-state index in [2.05, 4.69) is 10.1 Å². The zero-order valence-electron chi connectivity index (χ0n) is 10.6. The van der Waals surface area contributed by atoms with Crippen LogP contribution in [0.5, 0.6) is 5.75 Å². The summed E-state index contributed by atoms with van der Waals surface area (Å²) in [5.74, 6) is 0.322. The first-order valence-electron chi connectivity index (χ1n) is 5.62. The first kappa shape index (κ1) is 13.5. The van der Waals surface area contributed by atoms with E-state index in [1.165, 1.54) is 26.6 Å². The van der Waals surface area contributed by atoms with E-state index in [1.807, 2.05) is 19.1 Å². The summed E-state index contributed by atoms with van der Waals surface area (Å²) in [6.07, 6.45) is 1.39. The van der Waals surface area contributed by atoms with E-state index in [0.29, 0.717) is 11.3 Å². The van der Waals surface area contributed by atoms with Crippen LogP contribution in [-0.2, 0) is 4.74 Å². The minimum atomic E-state index is -0.337. The zero-order valence-corrected chi connectivity index (χ0v) is 10.6. The highest BCUT2D eigenvalue weighted by atomic mass is 16.5. The number of hydrogen-bond donors (Lipinski definition) is 1. The summed E-state index contributed by atoms with van der Waals surface area (Å²) in [7, 11) is 2.92. The van der Waals surface area contributed by atoms with E-state index >= 15 is 0 Å². The maximum atomic E-state index is 11.2. The van der Waals surface area contributed by atoms with Crippen LogP contribution in [0, 0.1) is 6.92 Å². The molecule has 0 saturated carbocycles. The van der Waals surface area contributed by atoms with Gasteiger partial charge in [0.25, 0.3) is 0 Å². The lowest BCUT2D eigenvalue weighted by Gasteiger charge is -2.09. The van der Waals surface area contributed by atoms with Crippen LogP contribution in [0.15, 0.2) is 18.2 Å². The van der Waals surface area contributed by atoms with E-state index in [4.69, 9.17) is 4.74 Å². The monoisotopic (exact) mass is 237 g/mol. The lowest BCUT2D eigenvalue weighted by Crippen LogP contribution is -2.29. The molecule has 4 nitrogen and oxygen atoms in total. The first-order valence-corrected chi connectivity index (χ1v) is 5.62. The van der Waals surface area contributed by atoms with Crippen LogP contribution in [0.25, 0.3) is 0 Å². The third-order valence-corrected chi connectivity index (χ3v) is 2.56. The van der Waals surface area contributed by atoms with Crippen molar-refractivity contribution < 1.29 is 14.3 Å². The van der Waals surface area contributed by atoms with Gasteiger partial charge in [-0.3, -0.25) is 0 Å². The van der Waals surface area contributed by atoms with Crippen molar-refractivity contribution >= 4 is 5.97 Å². The predicted octanol–water partition coefficient (Wildman–Crippen LogP) is 1.77. The Morgan fingerprint density at radius 2 is 1.88 bits per heavy atom. The molecule has 0 radical (unpaired) electrons. The van der Waals surface area contributed by atoms with Crippen molar-refractivity contribution in [2.24, 2.45) is 0 Å². The molecule has 1 fully saturated rings. The second-order valence-electron chi connectivity index (χ2n) is 3.78. The topological polar surface area (TPSA) is 47.6 Å². The van der Waals surface area contributed by atoms with Crippen molar-refractivity contribution in [1.29, 1.82) is 0 Å². The van der Waals surface area contributed by atoms with Crippen LogP contribution in [0.4, 0.5) is 0 Å². The Balaban J connectivity index is 0.000000302. The van der Waals surface area contributed by atoms with Gasteiger partial charge in [0.05, 0.1) is 19.8 Å². The summed E-state index contributed by atoms with van der Waals surface area (Å²) in [6.45, 7) is 4.35. The number of nitrogens with one attached hydrogen (secondary N) is 1. The average Bonchev–Trinajstić information content (AvgIpc) is 2.26. The summed E-state index contributed by atoms with van der Waals surface area (Å²) in [6, 6.07) is 5.30. The van der Waals surface area contributed by atoms with Gasteiger partial charge in [-0.2, -0.15) is 0 Å². The van der Waals surface area contributed by atoms with Crippen molar-refractivity contribution in [2.75, 3.05) is 27.3 Å². The molecule has 2 rings (SSSR count). The van der Waals surface area contributed by atoms with E-state index < -0.39 is 0 Å². The Morgan fingerprint density at radius 1 is 1.29 bits per heavy atom. The number of ether oxygens (including phenoxy) is 2. The molecular formula is C13H19NO3. The second kappa shape index (κ2) is 6.91. The molecule has 1 N–H and O–H groups in total. The number of rotatable bonds is 2. The molecule has 1 heterocycles. The molecular weight excluding hydrogens is 218 g/mol. The number of carbonyl (C=O) groups excluding carboxylic acids is 1. The number of methoxy groups -OCH3 is 2. The summed E-state index contributed by atoms with van der Waals surface area (Å²) < 4.78 is 9.62. The lowest BCUT2D eigenvalue weighted by molar-refractivity contribution is 0.0599. The van der Waals surface area contributed by atoms with Gasteiger partial charge >= 0.3 is 5.97 Å². The molecule has 1 saturated heterocycles. The van der Waals surface area contributed by atoms with E-state index in [9.17, 15) is 4.79 Å². The van der Waals surface area contributed by atoms with Crippen molar-refractivity contribution in [3.05, 3.63) is 29.3 Å². The maximum Gasteiger partial charge on any atom is 0.338 e. The fourth-order valence-electron chi connectivity index (χ4n) is 1.23. The van der Waals surface area contributed by atoms with E-state index in [-0.39, 0.29) is 5.97 Å². The summed E-state index contributed by atoms with van der Waals surface area (Å²) in [4.78, 5) is 11.2. The summed E-state index contributed by atoms with van der Waals surface area (Å²) in [5, 5.41) is 3.11. The summed E-state index contributed by atoms with van der Waals surface area (Å²) in [5.41, 5.74) is 1.43. The molecule has 0 unspecified atom stereocenters. The quantitative estimate of drug-likeness (QED) is 0.796. The zero-order chi connectivity index (χ0) is 12.7. The van der Waals surface area contributed by atoms with Gasteiger partial charge in [-0.05, 0) is 44.1 Å². The minimum absolute atomic E-state index is 0.337. The molecule has 0 spiro atoms. The third kappa shape index (κ3) is 4.07. The molecule has 1 aromatic carbocycles. The molecule has 0 atom stereocenters. The number of benzene rings is 1. The number of carbonyl (C=O) groups is 1. The van der Waals surface area contributed by atoms with E-state index in [1.54, 1.807) is 13.2 Å². The molecule has 4 heteroatoms. The van der Waals surface area contributed by atoms with Gasteiger partial charge in [0, 0.05) is 0 Å². The fourth-order valence-corrected chi connectivity index (χ4v) is 1.23. The maximum absolute atomic E-state index is 11.2. The molecule has 1 aromatic rings. The molecule has 94 valence electrons. The van der Waals surface area contributed by atoms with Crippen LogP contribution >= 0.6 is 0 Å². The van der Waals surface area contributed by atoms with Gasteiger partial charge in [0.15, 0.2) is 0 Å². The minimum Gasteiger partial charge on any atom is -0.497 e. The predicted molar refractivity (Wildman–Crippen MR) is 66.6 cm³/mol. The van der Waals surface area contributed by atoms with Crippen molar-refractivity contribution in [3.63, 3.8) is 0 Å². The van der Waals surface area contributed by atoms with Crippen molar-refractivity contribution in [1.82, 2.24) is 5.32 Å². The molecule has 0 aliphatic carbocycles. The Hall–Kier alpha value is -1.55. The number of aryl methyl sites for hydroxylation is 1. The van der Waals surface area contributed by atoms with Gasteiger partial charge in [0.2, 0.25) is 0 Å². The smallest absolute Gasteiger partial charge is 0.338 e. The standard InChI is InChI=1S/C10H12O3.C3H7N/c1-7-4-5-8(12-2)6-9(7)10(11)13-3;1-2-4-3-1/h4-6H,1-3H3;4H,1-3H2. The van der Waals surface area contributed by atoms with Gasteiger partial charge in [-0.15, -0.1) is 0 Å². The highest BCUT2D eigenvalue weighted by molar-refractivity contribution is 5.91. The molecule has 1 aliphatic heterocycles. The van der Waals surface area contributed by atoms with Crippen LogP contribution < -0.4 is 10.1 Å². The average molecular weight is 237 g/mol. The van der Waals surface area contributed by atoms with Crippen LogP contribution in [0.3, 0.4) is 0 Å². The molecule has 0 amide bonds. The number of esters is 1. The van der Waals surface area contributed by atoms with Crippen LogP contribution in [0.1, 0.15) is 22.3 Å². The van der Waals surface area contributed by atoms with Gasteiger partial charge < -0.3 is 14.8 Å². The fraction of sp³-hybridized carbons (Fsp3) is 0.462. The second-order valence-corrected chi connectivity index (χ2v) is 3.78. The third-order valence-electron chi connectivity index (χ3n) is 2.56. The van der Waals surface area contributed by atoms with Crippen molar-refractivity contribution in [2.45, 2.75) is 13.3 Å². The Labute approximate surface area is 102 Å². The molecule has 0 aromatic heterocycles. The van der Waals surface area contributed by atoms with Crippen molar-refractivity contribution in [3.8, 4) is 5.75 Å². The highest BCUT2D eigenvalue weighted by Crippen LogP contribution is 2.17. The Morgan fingerprint density at radius 3 is 2.29 bits per heavy atom. The van der Waals surface area contributed by atoms with Gasteiger partial charge in [0.1, 0.15) is 5.75 Å². The highest BCUT2D eigenvalue weighted by Gasteiger charge is 2.09. The van der Waals surface area contributed by atoms with Gasteiger partial charge in [-0.1, -0.05) is 6.07 Å². The summed E-state index contributed by atoms with van der Waals surface area (Å²) >= 11 is 0. The van der Waals surface area contributed by atoms with Gasteiger partial charge in [-0.25, -0.2) is 4.79 Å². The normalized spacial score (nSPS) is 12.9. The lowest BCUT2D eigenvalue weighted by atomic mass is 10.1. The van der Waals surface area contributed by atoms with E-state index in [0.717, 1.165) is 5.56 Å². The molecule has 1 aliphatic rings. The molecule has 17 heavy (non-hydrogen) atoms. The largest absolute Gasteiger partial charge is 0.497 e. The van der Waals surface area contributed by atoms with Crippen LogP contribution in [0.2, 0.25) is 0 Å². The molecule has 0 bridgehead atoms. The SMILES string of the molecule is C1CNC1.COC(=O)c1cc(OC)ccc1C. The number of hydrogen-bond acceptors (Lipinski definition) is 4. The Kier molecular flexibility index (Phi) is 5.49. The van der Waals surface area contributed by atoms with Crippen LogP contribution in [-0.4, -0.2) is 33.3 Å². The Bertz CT molecular complexity index is 369.